The molecule has 0 amide bonds. The minimum absolute atomic E-state index is 0.630. The summed E-state index contributed by atoms with van der Waals surface area (Å²) in [5.74, 6) is 0.630. The Hall–Kier alpha value is -6.71. The molecule has 0 bridgehead atoms. The standard InChI is InChI=1S/C51H39N3/c1-35(37-15-3-2-4-16-37)54-51(53-33-36-14-11-19-39(30-36)44-22-13-29-52-34-44)43-21-12-20-41(32-43)49-45-23-7-9-25-47(45)50(48-26-10-8-24-46(48)49)42-28-27-38-17-5-6-18-40(38)31-42/h2-3,5-12,14-15,17-21,23-34H,1,4,13,16,22H2/b53-33+,54-51-. The molecule has 258 valence electrons. The molecule has 1 aliphatic heterocycles. The largest absolute Gasteiger partial charge is 0.269 e. The summed E-state index contributed by atoms with van der Waals surface area (Å²) < 4.78 is 0. The molecule has 3 heteroatoms. The Morgan fingerprint density at radius 2 is 1.30 bits per heavy atom. The van der Waals surface area contributed by atoms with E-state index in [2.05, 4.69) is 169 Å². The summed E-state index contributed by atoms with van der Waals surface area (Å²) in [4.78, 5) is 14.6. The van der Waals surface area contributed by atoms with E-state index in [0.717, 1.165) is 53.6 Å². The Bertz CT molecular complexity index is 2730. The van der Waals surface area contributed by atoms with Gasteiger partial charge in [-0.1, -0.05) is 146 Å². The fourth-order valence-electron chi connectivity index (χ4n) is 7.79. The highest BCUT2D eigenvalue weighted by Crippen LogP contribution is 2.44. The zero-order valence-corrected chi connectivity index (χ0v) is 30.1. The van der Waals surface area contributed by atoms with Crippen LogP contribution >= 0.6 is 0 Å². The van der Waals surface area contributed by atoms with Gasteiger partial charge in [0.05, 0.1) is 5.70 Å². The van der Waals surface area contributed by atoms with Crippen molar-refractivity contribution in [2.24, 2.45) is 15.0 Å². The molecule has 0 aromatic heterocycles. The number of allylic oxidation sites excluding steroid dienone is 5. The minimum atomic E-state index is 0.630. The molecule has 54 heavy (non-hydrogen) atoms. The number of benzene rings is 7. The second-order valence-electron chi connectivity index (χ2n) is 13.9. The maximum atomic E-state index is 5.13. The Labute approximate surface area is 316 Å². The van der Waals surface area contributed by atoms with Crippen LogP contribution in [0.5, 0.6) is 0 Å². The van der Waals surface area contributed by atoms with E-state index in [1.54, 1.807) is 0 Å². The van der Waals surface area contributed by atoms with E-state index in [1.807, 2.05) is 18.6 Å². The fraction of sp³-hybridized carbons (Fsp3) is 0.0784. The highest BCUT2D eigenvalue weighted by molar-refractivity contribution is 6.22. The number of nitrogens with zero attached hydrogens (tertiary/aromatic N) is 3. The lowest BCUT2D eigenvalue weighted by Gasteiger charge is -2.18. The van der Waals surface area contributed by atoms with Crippen LogP contribution in [0.2, 0.25) is 0 Å². The van der Waals surface area contributed by atoms with Gasteiger partial charge in [-0.25, -0.2) is 9.98 Å². The number of fused-ring (bicyclic) bond motifs is 3. The number of rotatable bonds is 7. The highest BCUT2D eigenvalue weighted by Gasteiger charge is 2.18. The lowest BCUT2D eigenvalue weighted by molar-refractivity contribution is 0.964. The average molecular weight is 694 g/mol. The maximum Gasteiger partial charge on any atom is 0.159 e. The lowest BCUT2D eigenvalue weighted by atomic mass is 9.85. The number of aliphatic imine (C=N–C) groups is 3. The van der Waals surface area contributed by atoms with Crippen molar-refractivity contribution < 1.29 is 0 Å². The summed E-state index contributed by atoms with van der Waals surface area (Å²) >= 11 is 0. The van der Waals surface area contributed by atoms with Gasteiger partial charge in [0.2, 0.25) is 0 Å². The van der Waals surface area contributed by atoms with Crippen molar-refractivity contribution >= 4 is 56.2 Å². The molecule has 1 heterocycles. The normalized spacial score (nSPS) is 14.6. The van der Waals surface area contributed by atoms with Crippen molar-refractivity contribution in [2.75, 3.05) is 0 Å². The molecule has 9 rings (SSSR count). The number of hydrogen-bond acceptors (Lipinski definition) is 2. The molecule has 0 saturated carbocycles. The zero-order valence-electron chi connectivity index (χ0n) is 30.1. The van der Waals surface area contributed by atoms with Crippen LogP contribution in [-0.4, -0.2) is 18.3 Å². The number of hydrogen-bond donors (Lipinski definition) is 0. The topological polar surface area (TPSA) is 37.1 Å². The van der Waals surface area contributed by atoms with Gasteiger partial charge in [-0.3, -0.25) is 4.99 Å². The molecule has 2 aliphatic rings. The maximum absolute atomic E-state index is 5.13. The molecule has 7 aromatic rings. The van der Waals surface area contributed by atoms with Crippen molar-refractivity contribution in [2.45, 2.75) is 25.7 Å². The van der Waals surface area contributed by atoms with Gasteiger partial charge >= 0.3 is 0 Å². The lowest BCUT2D eigenvalue weighted by Crippen LogP contribution is -2.02. The van der Waals surface area contributed by atoms with Gasteiger partial charge in [0.25, 0.3) is 0 Å². The molecule has 3 nitrogen and oxygen atoms in total. The Morgan fingerprint density at radius 1 is 0.611 bits per heavy atom. The van der Waals surface area contributed by atoms with E-state index in [0.29, 0.717) is 5.84 Å². The molecule has 0 N–H and O–H groups in total. The molecule has 0 radical (unpaired) electrons. The Kier molecular flexibility index (Phi) is 9.04. The molecular weight excluding hydrogens is 655 g/mol. The first kappa shape index (κ1) is 33.1. The first-order valence-electron chi connectivity index (χ1n) is 18.7. The van der Waals surface area contributed by atoms with Crippen LogP contribution in [0.3, 0.4) is 0 Å². The predicted molar refractivity (Wildman–Crippen MR) is 232 cm³/mol. The molecule has 0 saturated heterocycles. The van der Waals surface area contributed by atoms with E-state index in [1.165, 1.54) is 60.1 Å². The van der Waals surface area contributed by atoms with Crippen molar-refractivity contribution in [3.8, 4) is 22.3 Å². The van der Waals surface area contributed by atoms with Gasteiger partial charge in [-0.2, -0.15) is 0 Å². The van der Waals surface area contributed by atoms with Gasteiger partial charge in [-0.15, -0.1) is 0 Å². The third-order valence-electron chi connectivity index (χ3n) is 10.5. The van der Waals surface area contributed by atoms with Gasteiger partial charge < -0.3 is 0 Å². The van der Waals surface area contributed by atoms with Crippen molar-refractivity contribution in [3.63, 3.8) is 0 Å². The Balaban J connectivity index is 1.19. The first-order valence-corrected chi connectivity index (χ1v) is 18.7. The highest BCUT2D eigenvalue weighted by atomic mass is 14.9. The SMILES string of the molecule is C=C(/N=C(\N=C\c1cccc(C2=CN=CCC2)c1)c1cccc(-c2c3ccccc3c(-c3ccc4ccccc4c3)c3ccccc23)c1)C1=CC=CCC1. The summed E-state index contributed by atoms with van der Waals surface area (Å²) in [6, 6.07) is 50.2. The quantitative estimate of drug-likeness (QED) is 0.0905. The van der Waals surface area contributed by atoms with Crippen LogP contribution < -0.4 is 0 Å². The van der Waals surface area contributed by atoms with Crippen molar-refractivity contribution in [3.05, 3.63) is 198 Å². The minimum Gasteiger partial charge on any atom is -0.269 e. The molecule has 0 spiro atoms. The number of amidine groups is 1. The fourth-order valence-corrected chi connectivity index (χ4v) is 7.79. The summed E-state index contributed by atoms with van der Waals surface area (Å²) in [7, 11) is 0. The molecular formula is C51H39N3. The average Bonchev–Trinajstić information content (AvgIpc) is 3.24. The van der Waals surface area contributed by atoms with Gasteiger partial charge in [0, 0.05) is 24.2 Å². The summed E-state index contributed by atoms with van der Waals surface area (Å²) in [5, 5.41) is 7.35. The van der Waals surface area contributed by atoms with E-state index < -0.39 is 0 Å². The van der Waals surface area contributed by atoms with Crippen LogP contribution in [0.1, 0.15) is 42.4 Å². The third kappa shape index (κ3) is 6.57. The summed E-state index contributed by atoms with van der Waals surface area (Å²) in [5.41, 5.74) is 11.0. The van der Waals surface area contributed by atoms with Crippen molar-refractivity contribution in [1.29, 1.82) is 0 Å². The predicted octanol–water partition coefficient (Wildman–Crippen LogP) is 13.3. The summed E-state index contributed by atoms with van der Waals surface area (Å²) in [6.07, 6.45) is 16.1. The van der Waals surface area contributed by atoms with E-state index in [4.69, 9.17) is 9.98 Å². The van der Waals surface area contributed by atoms with Crippen LogP contribution in [0.4, 0.5) is 0 Å². The van der Waals surface area contributed by atoms with Crippen LogP contribution in [-0.2, 0) is 0 Å². The van der Waals surface area contributed by atoms with Crippen LogP contribution in [0, 0.1) is 0 Å². The van der Waals surface area contributed by atoms with E-state index in [-0.39, 0.29) is 0 Å². The van der Waals surface area contributed by atoms with Gasteiger partial charge in [-0.05, 0) is 121 Å². The molecule has 0 unspecified atom stereocenters. The van der Waals surface area contributed by atoms with Gasteiger partial charge in [0.1, 0.15) is 0 Å². The van der Waals surface area contributed by atoms with E-state index in [9.17, 15) is 0 Å². The third-order valence-corrected chi connectivity index (χ3v) is 10.5. The monoisotopic (exact) mass is 693 g/mol. The second kappa shape index (κ2) is 14.7. The van der Waals surface area contributed by atoms with Crippen molar-refractivity contribution in [1.82, 2.24) is 0 Å². The van der Waals surface area contributed by atoms with Crippen LogP contribution in [0.25, 0.3) is 60.1 Å². The molecule has 0 fully saturated rings. The van der Waals surface area contributed by atoms with Crippen LogP contribution in [0.15, 0.2) is 197 Å². The smallest absolute Gasteiger partial charge is 0.159 e. The zero-order chi connectivity index (χ0) is 36.3. The molecule has 1 aliphatic carbocycles. The molecule has 0 atom stereocenters. The van der Waals surface area contributed by atoms with Gasteiger partial charge in [0.15, 0.2) is 5.84 Å². The Morgan fingerprint density at radius 3 is 2.00 bits per heavy atom. The first-order chi connectivity index (χ1) is 26.7. The second-order valence-corrected chi connectivity index (χ2v) is 13.9. The van der Waals surface area contributed by atoms with E-state index >= 15 is 0 Å². The summed E-state index contributed by atoms with van der Waals surface area (Å²) in [6.45, 7) is 4.41. The molecule has 7 aromatic carbocycles.